The van der Waals surface area contributed by atoms with Gasteiger partial charge in [0.25, 0.3) is 0 Å². The molecule has 1 aliphatic heterocycles. The van der Waals surface area contributed by atoms with Crippen LogP contribution in [0.15, 0.2) is 62.4 Å². The van der Waals surface area contributed by atoms with Crippen LogP contribution in [0.1, 0.15) is 5.56 Å². The van der Waals surface area contributed by atoms with Crippen LogP contribution < -0.4 is 14.3 Å². The van der Waals surface area contributed by atoms with Gasteiger partial charge in [-0.2, -0.15) is 5.10 Å². The molecule has 0 spiro atoms. The monoisotopic (exact) mass is 459 g/mol. The third-order valence-electron chi connectivity index (χ3n) is 4.10. The molecule has 1 aliphatic rings. The summed E-state index contributed by atoms with van der Waals surface area (Å²) in [6.07, 6.45) is 1.80. The Kier molecular flexibility index (Phi) is 5.90. The highest BCUT2D eigenvalue weighted by molar-refractivity contribution is 9.10. The molecule has 0 N–H and O–H groups in total. The summed E-state index contributed by atoms with van der Waals surface area (Å²) in [5.41, 5.74) is 2.93. The minimum atomic E-state index is 0.254. The first-order valence-corrected chi connectivity index (χ1v) is 10.3. The van der Waals surface area contributed by atoms with Crippen LogP contribution in [0.5, 0.6) is 11.5 Å². The molecule has 0 saturated carbocycles. The Hall–Kier alpha value is -2.42. The maximum Gasteiger partial charge on any atom is 0.231 e. The first-order chi connectivity index (χ1) is 13.8. The molecule has 0 atom stereocenters. The molecule has 0 bridgehead atoms. The summed E-state index contributed by atoms with van der Waals surface area (Å²) in [4.78, 5) is 5.43. The third kappa shape index (κ3) is 4.04. The van der Waals surface area contributed by atoms with E-state index in [4.69, 9.17) is 19.3 Å². The van der Waals surface area contributed by atoms with Crippen LogP contribution in [0.25, 0.3) is 11.3 Å². The minimum absolute atomic E-state index is 0.254. The number of hydrogen-bond acceptors (Lipinski definition) is 6. The van der Waals surface area contributed by atoms with Crippen LogP contribution in [0.3, 0.4) is 0 Å². The van der Waals surface area contributed by atoms with E-state index in [2.05, 4.69) is 32.4 Å². The van der Waals surface area contributed by atoms with Crippen molar-refractivity contribution in [3.05, 3.63) is 62.7 Å². The largest absolute Gasteiger partial charge is 0.454 e. The summed E-state index contributed by atoms with van der Waals surface area (Å²) in [6.45, 7) is 1.39. The maximum absolute atomic E-state index is 5.45. The molecule has 0 saturated heterocycles. The number of thiazole rings is 1. The van der Waals surface area contributed by atoms with Gasteiger partial charge in [0.15, 0.2) is 11.5 Å². The summed E-state index contributed by atoms with van der Waals surface area (Å²) in [5, 5.41) is 6.77. The summed E-state index contributed by atoms with van der Waals surface area (Å²) in [7, 11) is 1.67. The zero-order valence-electron chi connectivity index (χ0n) is 15.2. The van der Waals surface area contributed by atoms with Gasteiger partial charge in [-0.1, -0.05) is 34.1 Å². The van der Waals surface area contributed by atoms with E-state index in [0.717, 1.165) is 37.6 Å². The van der Waals surface area contributed by atoms with Crippen molar-refractivity contribution in [2.45, 2.75) is 0 Å². The molecule has 0 fully saturated rings. The maximum atomic E-state index is 5.45. The lowest BCUT2D eigenvalue weighted by Gasteiger charge is -2.06. The lowest BCUT2D eigenvalue weighted by atomic mass is 10.2. The predicted octanol–water partition coefficient (Wildman–Crippen LogP) is 4.14. The topological polar surface area (TPSA) is 57.3 Å². The number of rotatable bonds is 6. The number of fused-ring (bicyclic) bond motifs is 1. The van der Waals surface area contributed by atoms with Crippen LogP contribution in [0, 0.1) is 0 Å². The number of nitrogens with zero attached hydrogens (tertiary/aromatic N) is 3. The summed E-state index contributed by atoms with van der Waals surface area (Å²) >= 11 is 5.18. The standard InChI is InChI=1S/C20H18BrN3O3S/c1-25-9-8-22-20-24(17(12-28-20)15-4-2-3-5-16(15)21)23-11-14-6-7-18-19(10-14)27-13-26-18/h2-7,10-12H,8-9,13H2,1H3. The van der Waals surface area contributed by atoms with Crippen molar-refractivity contribution < 1.29 is 14.2 Å². The Bertz CT molecular complexity index is 1070. The second-order valence-electron chi connectivity index (χ2n) is 5.93. The van der Waals surface area contributed by atoms with Crippen molar-refractivity contribution >= 4 is 33.5 Å². The van der Waals surface area contributed by atoms with Crippen LogP contribution in [-0.2, 0) is 4.74 Å². The van der Waals surface area contributed by atoms with Crippen molar-refractivity contribution in [3.8, 4) is 22.8 Å². The lowest BCUT2D eigenvalue weighted by molar-refractivity contribution is 0.174. The Morgan fingerprint density at radius 2 is 2.07 bits per heavy atom. The average Bonchev–Trinajstić information content (AvgIpc) is 3.33. The molecule has 4 rings (SSSR count). The molecule has 6 nitrogen and oxygen atoms in total. The summed E-state index contributed by atoms with van der Waals surface area (Å²) in [5.74, 6) is 1.49. The normalized spacial score (nSPS) is 13.6. The van der Waals surface area contributed by atoms with Gasteiger partial charge in [0.05, 0.1) is 25.1 Å². The molecule has 0 radical (unpaired) electrons. The first-order valence-electron chi connectivity index (χ1n) is 8.65. The van der Waals surface area contributed by atoms with Crippen molar-refractivity contribution in [3.63, 3.8) is 0 Å². The molecule has 8 heteroatoms. The van der Waals surface area contributed by atoms with Crippen molar-refractivity contribution in [2.75, 3.05) is 27.1 Å². The highest BCUT2D eigenvalue weighted by atomic mass is 79.9. The number of methoxy groups -OCH3 is 1. The van der Waals surface area contributed by atoms with Gasteiger partial charge in [-0.25, -0.2) is 4.68 Å². The van der Waals surface area contributed by atoms with E-state index in [1.165, 1.54) is 0 Å². The zero-order valence-corrected chi connectivity index (χ0v) is 17.6. The number of benzene rings is 2. The van der Waals surface area contributed by atoms with Crippen LogP contribution >= 0.6 is 27.3 Å². The molecule has 28 heavy (non-hydrogen) atoms. The average molecular weight is 460 g/mol. The second-order valence-corrected chi connectivity index (χ2v) is 7.62. The minimum Gasteiger partial charge on any atom is -0.454 e. The Balaban J connectivity index is 1.74. The SMILES string of the molecule is COCCN=c1scc(-c2ccccc2Br)n1N=Cc1ccc2c(c1)OCO2. The van der Waals surface area contributed by atoms with Gasteiger partial charge < -0.3 is 14.2 Å². The Morgan fingerprint density at radius 3 is 2.93 bits per heavy atom. The van der Waals surface area contributed by atoms with E-state index >= 15 is 0 Å². The van der Waals surface area contributed by atoms with E-state index in [1.807, 2.05) is 41.1 Å². The molecular weight excluding hydrogens is 442 g/mol. The van der Waals surface area contributed by atoms with Gasteiger partial charge in [-0.3, -0.25) is 4.99 Å². The van der Waals surface area contributed by atoms with E-state index in [1.54, 1.807) is 24.7 Å². The van der Waals surface area contributed by atoms with Gasteiger partial charge in [0.2, 0.25) is 11.6 Å². The van der Waals surface area contributed by atoms with Crippen molar-refractivity contribution in [2.24, 2.45) is 10.1 Å². The molecule has 2 aromatic carbocycles. The van der Waals surface area contributed by atoms with E-state index in [9.17, 15) is 0 Å². The van der Waals surface area contributed by atoms with Gasteiger partial charge in [0.1, 0.15) is 0 Å². The molecule has 1 aromatic heterocycles. The fourth-order valence-electron chi connectivity index (χ4n) is 2.72. The molecule has 0 amide bonds. The smallest absolute Gasteiger partial charge is 0.231 e. The molecule has 3 aromatic rings. The summed E-state index contributed by atoms with van der Waals surface area (Å²) in [6, 6.07) is 13.8. The zero-order chi connectivity index (χ0) is 19.3. The van der Waals surface area contributed by atoms with Crippen molar-refractivity contribution in [1.29, 1.82) is 0 Å². The Morgan fingerprint density at radius 1 is 1.21 bits per heavy atom. The lowest BCUT2D eigenvalue weighted by Crippen LogP contribution is -2.13. The highest BCUT2D eigenvalue weighted by Gasteiger charge is 2.13. The predicted molar refractivity (Wildman–Crippen MR) is 113 cm³/mol. The van der Waals surface area contributed by atoms with Gasteiger partial charge in [-0.15, -0.1) is 11.3 Å². The molecule has 144 valence electrons. The Labute approximate surface area is 174 Å². The van der Waals surface area contributed by atoms with Gasteiger partial charge in [-0.05, 0) is 29.8 Å². The number of hydrogen-bond donors (Lipinski definition) is 0. The van der Waals surface area contributed by atoms with E-state index in [-0.39, 0.29) is 6.79 Å². The van der Waals surface area contributed by atoms with Gasteiger partial charge in [0, 0.05) is 22.5 Å². The molecule has 0 aliphatic carbocycles. The number of halogens is 1. The summed E-state index contributed by atoms with van der Waals surface area (Å²) < 4.78 is 18.8. The van der Waals surface area contributed by atoms with Gasteiger partial charge >= 0.3 is 0 Å². The quantitative estimate of drug-likeness (QED) is 0.411. The molecular formula is C20H18BrN3O3S. The van der Waals surface area contributed by atoms with E-state index < -0.39 is 0 Å². The van der Waals surface area contributed by atoms with Crippen LogP contribution in [0.2, 0.25) is 0 Å². The first kappa shape index (κ1) is 18.9. The van der Waals surface area contributed by atoms with Crippen LogP contribution in [-0.4, -0.2) is 37.9 Å². The molecule has 2 heterocycles. The fourth-order valence-corrected chi connectivity index (χ4v) is 4.07. The highest BCUT2D eigenvalue weighted by Crippen LogP contribution is 2.32. The second kappa shape index (κ2) is 8.72. The van der Waals surface area contributed by atoms with Crippen molar-refractivity contribution in [1.82, 2.24) is 4.68 Å². The van der Waals surface area contributed by atoms with Crippen LogP contribution in [0.4, 0.5) is 0 Å². The third-order valence-corrected chi connectivity index (χ3v) is 5.64. The molecule has 0 unspecified atom stereocenters. The number of aromatic nitrogens is 1. The number of ether oxygens (including phenoxy) is 3. The van der Waals surface area contributed by atoms with E-state index in [0.29, 0.717) is 13.2 Å². The fraction of sp³-hybridized carbons (Fsp3) is 0.200.